The van der Waals surface area contributed by atoms with Crippen molar-refractivity contribution >= 4 is 11.4 Å². The molecule has 0 spiro atoms. The van der Waals surface area contributed by atoms with Crippen LogP contribution in [0.3, 0.4) is 0 Å². The Hall–Kier alpha value is -1.73. The monoisotopic (exact) mass is 231 g/mol. The van der Waals surface area contributed by atoms with Crippen LogP contribution < -0.4 is 11.1 Å². The number of hydrogen-bond acceptors (Lipinski definition) is 4. The maximum Gasteiger partial charge on any atom is 0.0740 e. The fraction of sp³-hybridized carbons (Fsp3) is 0.462. The van der Waals surface area contributed by atoms with Gasteiger partial charge in [-0.1, -0.05) is 0 Å². The Labute approximate surface area is 101 Å². The molecule has 0 aliphatic heterocycles. The molecule has 1 fully saturated rings. The van der Waals surface area contributed by atoms with E-state index >= 15 is 0 Å². The van der Waals surface area contributed by atoms with E-state index in [-0.39, 0.29) is 6.10 Å². The van der Waals surface area contributed by atoms with E-state index in [0.717, 1.165) is 24.1 Å². The molecule has 4 heteroatoms. The Morgan fingerprint density at radius 3 is 2.94 bits per heavy atom. The second-order valence-corrected chi connectivity index (χ2v) is 4.53. The Bertz CT molecular complexity index is 435. The average molecular weight is 231 g/mol. The lowest BCUT2D eigenvalue weighted by atomic mass is 10.1. The summed E-state index contributed by atoms with van der Waals surface area (Å²) in [5, 5.41) is 21.6. The summed E-state index contributed by atoms with van der Waals surface area (Å²) in [6.45, 7) is 0.556. The van der Waals surface area contributed by atoms with Gasteiger partial charge in [-0.25, -0.2) is 0 Å². The molecule has 0 saturated heterocycles. The Morgan fingerprint density at radius 1 is 1.53 bits per heavy atom. The molecule has 1 saturated carbocycles. The molecule has 1 unspecified atom stereocenters. The quantitative estimate of drug-likeness (QED) is 0.671. The highest BCUT2D eigenvalue weighted by molar-refractivity contribution is 5.58. The maximum absolute atomic E-state index is 9.74. The first kappa shape index (κ1) is 11.7. The summed E-state index contributed by atoms with van der Waals surface area (Å²) in [5.41, 5.74) is 8.14. The second kappa shape index (κ2) is 5.07. The lowest BCUT2D eigenvalue weighted by Gasteiger charge is -2.13. The van der Waals surface area contributed by atoms with Gasteiger partial charge in [-0.05, 0) is 42.5 Å². The molecule has 1 aromatic carbocycles. The summed E-state index contributed by atoms with van der Waals surface area (Å²) < 4.78 is 0. The molecule has 17 heavy (non-hydrogen) atoms. The fourth-order valence-electron chi connectivity index (χ4n) is 1.82. The van der Waals surface area contributed by atoms with Gasteiger partial charge in [0.15, 0.2) is 0 Å². The van der Waals surface area contributed by atoms with E-state index in [1.807, 2.05) is 12.1 Å². The molecule has 1 atom stereocenters. The Balaban J connectivity index is 1.95. The summed E-state index contributed by atoms with van der Waals surface area (Å²) in [7, 11) is 0. The summed E-state index contributed by atoms with van der Waals surface area (Å²) in [6.07, 6.45) is 2.30. The molecule has 4 nitrogen and oxygen atoms in total. The van der Waals surface area contributed by atoms with Crippen molar-refractivity contribution in [3.8, 4) is 6.07 Å². The van der Waals surface area contributed by atoms with Gasteiger partial charge in [-0.3, -0.25) is 0 Å². The molecule has 90 valence electrons. The topological polar surface area (TPSA) is 82.1 Å². The number of aliphatic hydroxyl groups is 1. The molecular weight excluding hydrogens is 214 g/mol. The summed E-state index contributed by atoms with van der Waals surface area (Å²) in [4.78, 5) is 0. The zero-order valence-corrected chi connectivity index (χ0v) is 9.69. The highest BCUT2D eigenvalue weighted by Crippen LogP contribution is 2.32. The summed E-state index contributed by atoms with van der Waals surface area (Å²) in [5.74, 6) is 0.467. The fourth-order valence-corrected chi connectivity index (χ4v) is 1.82. The molecule has 0 aromatic heterocycles. The number of hydrogen-bond donors (Lipinski definition) is 3. The number of nitrogen functional groups attached to an aromatic ring is 1. The largest absolute Gasteiger partial charge is 0.398 e. The minimum absolute atomic E-state index is 0.271. The zero-order chi connectivity index (χ0) is 12.3. The van der Waals surface area contributed by atoms with Crippen LogP contribution in [0.4, 0.5) is 11.4 Å². The highest BCUT2D eigenvalue weighted by atomic mass is 16.3. The molecule has 0 heterocycles. The second-order valence-electron chi connectivity index (χ2n) is 4.53. The van der Waals surface area contributed by atoms with Gasteiger partial charge in [-0.2, -0.15) is 5.26 Å². The van der Waals surface area contributed by atoms with Gasteiger partial charge in [0.05, 0.1) is 18.6 Å². The first-order valence-corrected chi connectivity index (χ1v) is 5.88. The van der Waals surface area contributed by atoms with Crippen molar-refractivity contribution in [2.24, 2.45) is 5.92 Å². The van der Waals surface area contributed by atoms with Crippen LogP contribution in [0.25, 0.3) is 0 Å². The third-order valence-corrected chi connectivity index (χ3v) is 3.09. The minimum atomic E-state index is -0.271. The van der Waals surface area contributed by atoms with Crippen LogP contribution in [0.2, 0.25) is 0 Å². The van der Waals surface area contributed by atoms with Crippen molar-refractivity contribution < 1.29 is 5.11 Å². The number of aliphatic hydroxyl groups excluding tert-OH is 1. The van der Waals surface area contributed by atoms with E-state index in [9.17, 15) is 5.11 Å². The minimum Gasteiger partial charge on any atom is -0.398 e. The molecule has 4 N–H and O–H groups in total. The van der Waals surface area contributed by atoms with Crippen LogP contribution >= 0.6 is 0 Å². The van der Waals surface area contributed by atoms with Gasteiger partial charge in [0.1, 0.15) is 0 Å². The van der Waals surface area contributed by atoms with Gasteiger partial charge in [0.2, 0.25) is 0 Å². The SMILES string of the molecule is N#CCc1cc(NCC(O)C2CC2)ccc1N. The van der Waals surface area contributed by atoms with Crippen LogP contribution in [0.1, 0.15) is 18.4 Å². The highest BCUT2D eigenvalue weighted by Gasteiger charge is 2.29. The van der Waals surface area contributed by atoms with Crippen molar-refractivity contribution in [1.82, 2.24) is 0 Å². The average Bonchev–Trinajstić information content (AvgIpc) is 3.14. The zero-order valence-electron chi connectivity index (χ0n) is 9.69. The van der Waals surface area contributed by atoms with E-state index in [1.165, 1.54) is 0 Å². The Morgan fingerprint density at radius 2 is 2.29 bits per heavy atom. The number of anilines is 2. The lowest BCUT2D eigenvalue weighted by molar-refractivity contribution is 0.164. The first-order valence-electron chi connectivity index (χ1n) is 5.88. The predicted molar refractivity (Wildman–Crippen MR) is 67.4 cm³/mol. The van der Waals surface area contributed by atoms with E-state index in [0.29, 0.717) is 24.6 Å². The molecule has 1 aromatic rings. The molecule has 0 bridgehead atoms. The standard InChI is InChI=1S/C13H17N3O/c14-6-5-10-7-11(3-4-12(10)15)16-8-13(17)9-1-2-9/h3-4,7,9,13,16-17H,1-2,5,8,15H2. The van der Waals surface area contributed by atoms with Gasteiger partial charge in [0, 0.05) is 17.9 Å². The van der Waals surface area contributed by atoms with E-state index in [2.05, 4.69) is 11.4 Å². The number of nitrogens with two attached hydrogens (primary N) is 1. The lowest BCUT2D eigenvalue weighted by Crippen LogP contribution is -2.21. The summed E-state index contributed by atoms with van der Waals surface area (Å²) >= 11 is 0. The van der Waals surface area contributed by atoms with Gasteiger partial charge in [0.25, 0.3) is 0 Å². The molecule has 1 aliphatic carbocycles. The van der Waals surface area contributed by atoms with Crippen molar-refractivity contribution in [2.45, 2.75) is 25.4 Å². The van der Waals surface area contributed by atoms with Gasteiger partial charge < -0.3 is 16.2 Å². The van der Waals surface area contributed by atoms with Crippen molar-refractivity contribution in [2.75, 3.05) is 17.6 Å². The molecule has 0 radical (unpaired) electrons. The van der Waals surface area contributed by atoms with Crippen LogP contribution in [0, 0.1) is 17.2 Å². The number of rotatable bonds is 5. The Kier molecular flexibility index (Phi) is 3.50. The summed E-state index contributed by atoms with van der Waals surface area (Å²) in [6, 6.07) is 7.62. The first-order chi connectivity index (χ1) is 8.20. The maximum atomic E-state index is 9.74. The van der Waals surface area contributed by atoms with E-state index in [4.69, 9.17) is 11.0 Å². The van der Waals surface area contributed by atoms with Crippen LogP contribution in [0.15, 0.2) is 18.2 Å². The van der Waals surface area contributed by atoms with E-state index in [1.54, 1.807) is 6.07 Å². The van der Waals surface area contributed by atoms with E-state index < -0.39 is 0 Å². The van der Waals surface area contributed by atoms with Gasteiger partial charge >= 0.3 is 0 Å². The smallest absolute Gasteiger partial charge is 0.0740 e. The van der Waals surface area contributed by atoms with Crippen LogP contribution in [-0.2, 0) is 6.42 Å². The van der Waals surface area contributed by atoms with Crippen LogP contribution in [-0.4, -0.2) is 17.8 Å². The van der Waals surface area contributed by atoms with Crippen molar-refractivity contribution in [1.29, 1.82) is 5.26 Å². The number of nitrogens with zero attached hydrogens (tertiary/aromatic N) is 1. The normalized spacial score (nSPS) is 16.2. The predicted octanol–water partition coefficient (Wildman–Crippen LogP) is 1.52. The van der Waals surface area contributed by atoms with Crippen molar-refractivity contribution in [3.63, 3.8) is 0 Å². The number of nitrogens with one attached hydrogen (secondary N) is 1. The number of nitriles is 1. The van der Waals surface area contributed by atoms with Crippen LogP contribution in [0.5, 0.6) is 0 Å². The molecule has 2 rings (SSSR count). The van der Waals surface area contributed by atoms with Gasteiger partial charge in [-0.15, -0.1) is 0 Å². The number of benzene rings is 1. The molecule has 1 aliphatic rings. The third kappa shape index (κ3) is 3.11. The van der Waals surface area contributed by atoms with Crippen molar-refractivity contribution in [3.05, 3.63) is 23.8 Å². The molecule has 0 amide bonds. The molecular formula is C13H17N3O. The third-order valence-electron chi connectivity index (χ3n) is 3.09.